The highest BCUT2D eigenvalue weighted by atomic mass is 16.5. The number of carbonyl (C=O) groups excluding carboxylic acids is 2. The summed E-state index contributed by atoms with van der Waals surface area (Å²) in [6.45, 7) is 1.45. The molecule has 0 aliphatic heterocycles. The summed E-state index contributed by atoms with van der Waals surface area (Å²) in [4.78, 5) is 23.7. The zero-order valence-electron chi connectivity index (χ0n) is 13.8. The summed E-state index contributed by atoms with van der Waals surface area (Å²) < 4.78 is 5.52. The molecule has 1 aliphatic rings. The third-order valence-electron chi connectivity index (χ3n) is 4.48. The number of amides is 1. The van der Waals surface area contributed by atoms with Gasteiger partial charge in [0, 0.05) is 12.6 Å². The second kappa shape index (κ2) is 6.06. The standard InChI is InChI=1S/C21H17NO3/c1-13(23)22-16-8-10-17(11-9-16)25-21(24)19-12-7-15-6-5-14-3-2-4-18(19)20(14)15/h2-4,7-12H,5-6H2,1H3,(H,22,23). The van der Waals surface area contributed by atoms with Crippen LogP contribution in [0.25, 0.3) is 10.8 Å². The summed E-state index contributed by atoms with van der Waals surface area (Å²) in [5, 5.41) is 4.82. The van der Waals surface area contributed by atoms with Gasteiger partial charge in [-0.2, -0.15) is 0 Å². The minimum Gasteiger partial charge on any atom is -0.423 e. The molecule has 1 aliphatic carbocycles. The van der Waals surface area contributed by atoms with Crippen LogP contribution in [0.5, 0.6) is 5.75 Å². The summed E-state index contributed by atoms with van der Waals surface area (Å²) in [5.74, 6) is -0.0668. The molecule has 4 nitrogen and oxygen atoms in total. The molecule has 1 N–H and O–H groups in total. The molecule has 0 unspecified atom stereocenters. The second-order valence-corrected chi connectivity index (χ2v) is 6.21. The van der Waals surface area contributed by atoms with Crippen LogP contribution in [-0.4, -0.2) is 11.9 Å². The number of ether oxygens (including phenoxy) is 1. The van der Waals surface area contributed by atoms with Gasteiger partial charge in [0.2, 0.25) is 5.91 Å². The molecular weight excluding hydrogens is 314 g/mol. The summed E-state index contributed by atoms with van der Waals surface area (Å²) in [6.07, 6.45) is 2.05. The number of esters is 1. The van der Waals surface area contributed by atoms with Crippen molar-refractivity contribution >= 4 is 28.3 Å². The quantitative estimate of drug-likeness (QED) is 0.580. The van der Waals surface area contributed by atoms with Gasteiger partial charge in [-0.3, -0.25) is 4.79 Å². The predicted molar refractivity (Wildman–Crippen MR) is 97.1 cm³/mol. The van der Waals surface area contributed by atoms with Gasteiger partial charge in [0.15, 0.2) is 0 Å². The summed E-state index contributed by atoms with van der Waals surface area (Å²) in [6, 6.07) is 16.7. The normalized spacial score (nSPS) is 12.2. The van der Waals surface area contributed by atoms with Gasteiger partial charge in [0.25, 0.3) is 0 Å². The Hall–Kier alpha value is -3.14. The van der Waals surface area contributed by atoms with Crippen molar-refractivity contribution in [1.29, 1.82) is 0 Å². The van der Waals surface area contributed by atoms with Crippen LogP contribution >= 0.6 is 0 Å². The Bertz CT molecular complexity index is 980. The van der Waals surface area contributed by atoms with Crippen LogP contribution in [0.1, 0.15) is 28.4 Å². The van der Waals surface area contributed by atoms with E-state index in [1.165, 1.54) is 23.4 Å². The maximum absolute atomic E-state index is 12.6. The van der Waals surface area contributed by atoms with E-state index < -0.39 is 0 Å². The molecule has 3 aromatic carbocycles. The van der Waals surface area contributed by atoms with Gasteiger partial charge in [0.1, 0.15) is 5.75 Å². The lowest BCUT2D eigenvalue weighted by Gasteiger charge is -2.09. The highest BCUT2D eigenvalue weighted by Gasteiger charge is 2.19. The number of hydrogen-bond acceptors (Lipinski definition) is 3. The highest BCUT2D eigenvalue weighted by molar-refractivity contribution is 6.07. The number of benzene rings is 3. The van der Waals surface area contributed by atoms with E-state index in [1.807, 2.05) is 24.3 Å². The van der Waals surface area contributed by atoms with E-state index in [9.17, 15) is 9.59 Å². The molecule has 0 aromatic heterocycles. The molecule has 1 amide bonds. The number of rotatable bonds is 3. The van der Waals surface area contributed by atoms with Gasteiger partial charge in [-0.05, 0) is 65.1 Å². The number of carbonyl (C=O) groups is 2. The zero-order valence-corrected chi connectivity index (χ0v) is 13.8. The molecule has 0 radical (unpaired) electrons. The first-order valence-corrected chi connectivity index (χ1v) is 8.25. The molecule has 0 saturated heterocycles. The van der Waals surface area contributed by atoms with E-state index in [1.54, 1.807) is 24.3 Å². The lowest BCUT2D eigenvalue weighted by Crippen LogP contribution is -2.10. The van der Waals surface area contributed by atoms with E-state index in [2.05, 4.69) is 11.4 Å². The SMILES string of the molecule is CC(=O)Nc1ccc(OC(=O)c2ccc3c4c(cccc24)CC3)cc1. The van der Waals surface area contributed by atoms with Gasteiger partial charge >= 0.3 is 5.97 Å². The Kier molecular flexibility index (Phi) is 3.73. The van der Waals surface area contributed by atoms with E-state index in [0.29, 0.717) is 17.0 Å². The molecule has 0 bridgehead atoms. The topological polar surface area (TPSA) is 55.4 Å². The molecule has 0 atom stereocenters. The third-order valence-corrected chi connectivity index (χ3v) is 4.48. The Balaban J connectivity index is 1.62. The van der Waals surface area contributed by atoms with E-state index in [-0.39, 0.29) is 11.9 Å². The summed E-state index contributed by atoms with van der Waals surface area (Å²) in [7, 11) is 0. The maximum atomic E-state index is 12.6. The summed E-state index contributed by atoms with van der Waals surface area (Å²) >= 11 is 0. The molecule has 0 spiro atoms. The average molecular weight is 331 g/mol. The second-order valence-electron chi connectivity index (χ2n) is 6.21. The van der Waals surface area contributed by atoms with Crippen LogP contribution in [0.2, 0.25) is 0 Å². The molecule has 25 heavy (non-hydrogen) atoms. The Morgan fingerprint density at radius 1 is 0.920 bits per heavy atom. The fourth-order valence-corrected chi connectivity index (χ4v) is 3.40. The Morgan fingerprint density at radius 3 is 2.36 bits per heavy atom. The van der Waals surface area contributed by atoms with Crippen molar-refractivity contribution in [1.82, 2.24) is 0 Å². The van der Waals surface area contributed by atoms with Crippen molar-refractivity contribution in [2.45, 2.75) is 19.8 Å². The number of nitrogens with one attached hydrogen (secondary N) is 1. The van der Waals surface area contributed by atoms with Crippen molar-refractivity contribution in [3.05, 3.63) is 71.3 Å². The fraction of sp³-hybridized carbons (Fsp3) is 0.143. The van der Waals surface area contributed by atoms with Crippen LogP contribution in [0, 0.1) is 0 Å². The van der Waals surface area contributed by atoms with Crippen LogP contribution in [0.15, 0.2) is 54.6 Å². The first-order chi connectivity index (χ1) is 12.1. The largest absolute Gasteiger partial charge is 0.423 e. The van der Waals surface area contributed by atoms with Crippen molar-refractivity contribution in [2.24, 2.45) is 0 Å². The monoisotopic (exact) mass is 331 g/mol. The highest BCUT2D eigenvalue weighted by Crippen LogP contribution is 2.33. The Labute approximate surface area is 145 Å². The van der Waals surface area contributed by atoms with E-state index >= 15 is 0 Å². The number of hydrogen-bond donors (Lipinski definition) is 1. The van der Waals surface area contributed by atoms with Gasteiger partial charge in [-0.25, -0.2) is 4.79 Å². The van der Waals surface area contributed by atoms with Crippen LogP contribution < -0.4 is 10.1 Å². The number of anilines is 1. The lowest BCUT2D eigenvalue weighted by molar-refractivity contribution is -0.114. The van der Waals surface area contributed by atoms with E-state index in [0.717, 1.165) is 18.2 Å². The van der Waals surface area contributed by atoms with Gasteiger partial charge in [0.05, 0.1) is 5.56 Å². The molecule has 4 rings (SSSR count). The van der Waals surface area contributed by atoms with Gasteiger partial charge in [-0.1, -0.05) is 24.3 Å². The van der Waals surface area contributed by atoms with Crippen molar-refractivity contribution < 1.29 is 14.3 Å². The molecule has 0 heterocycles. The van der Waals surface area contributed by atoms with Gasteiger partial charge in [-0.15, -0.1) is 0 Å². The molecular formula is C21H17NO3. The lowest BCUT2D eigenvalue weighted by atomic mass is 10.00. The van der Waals surface area contributed by atoms with E-state index in [4.69, 9.17) is 4.74 Å². The fourth-order valence-electron chi connectivity index (χ4n) is 3.40. The number of aryl methyl sites for hydroxylation is 2. The average Bonchev–Trinajstić information content (AvgIpc) is 3.02. The van der Waals surface area contributed by atoms with Crippen molar-refractivity contribution in [2.75, 3.05) is 5.32 Å². The first kappa shape index (κ1) is 15.4. The third kappa shape index (κ3) is 2.87. The van der Waals surface area contributed by atoms with Crippen LogP contribution in [-0.2, 0) is 17.6 Å². The van der Waals surface area contributed by atoms with Gasteiger partial charge < -0.3 is 10.1 Å². The maximum Gasteiger partial charge on any atom is 0.344 e. The molecule has 3 aromatic rings. The Morgan fingerprint density at radius 2 is 1.64 bits per heavy atom. The van der Waals surface area contributed by atoms with Crippen LogP contribution in [0.4, 0.5) is 5.69 Å². The minimum atomic E-state index is -0.372. The molecule has 0 saturated carbocycles. The first-order valence-electron chi connectivity index (χ1n) is 8.25. The molecule has 0 fully saturated rings. The van der Waals surface area contributed by atoms with Crippen molar-refractivity contribution in [3.8, 4) is 5.75 Å². The predicted octanol–water partition coefficient (Wildman–Crippen LogP) is 4.12. The minimum absolute atomic E-state index is 0.141. The summed E-state index contributed by atoms with van der Waals surface area (Å²) in [5.41, 5.74) is 3.83. The smallest absolute Gasteiger partial charge is 0.344 e. The van der Waals surface area contributed by atoms with Crippen LogP contribution in [0.3, 0.4) is 0 Å². The van der Waals surface area contributed by atoms with Crippen molar-refractivity contribution in [3.63, 3.8) is 0 Å². The zero-order chi connectivity index (χ0) is 17.4. The molecule has 124 valence electrons. The molecule has 4 heteroatoms.